The first-order valence-electron chi connectivity index (χ1n) is 8.77. The van der Waals surface area contributed by atoms with E-state index in [-0.39, 0.29) is 0 Å². The summed E-state index contributed by atoms with van der Waals surface area (Å²) in [6.07, 6.45) is 2.57. The lowest BCUT2D eigenvalue weighted by Crippen LogP contribution is -2.43. The van der Waals surface area contributed by atoms with Crippen molar-refractivity contribution in [2.24, 2.45) is 10.9 Å². The summed E-state index contributed by atoms with van der Waals surface area (Å²) in [6, 6.07) is 8.16. The molecule has 1 saturated heterocycles. The van der Waals surface area contributed by atoms with Gasteiger partial charge >= 0.3 is 0 Å². The minimum atomic E-state index is 0.644. The predicted octanol–water partition coefficient (Wildman–Crippen LogP) is 2.75. The van der Waals surface area contributed by atoms with E-state index in [2.05, 4.69) is 40.6 Å². The lowest BCUT2D eigenvalue weighted by molar-refractivity contribution is 0.210. The number of para-hydroxylation sites is 1. The molecule has 1 aromatic heterocycles. The number of nitrogens with zero attached hydrogens (tertiary/aromatic N) is 2. The normalized spacial score (nSPS) is 19.6. The highest BCUT2D eigenvalue weighted by molar-refractivity contribution is 5.82. The van der Waals surface area contributed by atoms with Gasteiger partial charge in [-0.2, -0.15) is 0 Å². The lowest BCUT2D eigenvalue weighted by Gasteiger charge is -2.30. The summed E-state index contributed by atoms with van der Waals surface area (Å²) >= 11 is 0. The van der Waals surface area contributed by atoms with Gasteiger partial charge in [0.25, 0.3) is 0 Å². The Balaban J connectivity index is 1.54. The Kier molecular flexibility index (Phi) is 5.41. The predicted molar refractivity (Wildman–Crippen MR) is 99.4 cm³/mol. The van der Waals surface area contributed by atoms with Gasteiger partial charge in [0.2, 0.25) is 0 Å². The zero-order chi connectivity index (χ0) is 16.9. The SMILES string of the molecule is CN=C(NCc1oc2ccccc2c1C)NCC1CCCN(C)C1. The number of rotatable bonds is 4. The Morgan fingerprint density at radius 3 is 2.92 bits per heavy atom. The summed E-state index contributed by atoms with van der Waals surface area (Å²) in [4.78, 5) is 6.74. The van der Waals surface area contributed by atoms with Gasteiger partial charge in [-0.1, -0.05) is 18.2 Å². The van der Waals surface area contributed by atoms with Crippen molar-refractivity contribution in [2.45, 2.75) is 26.3 Å². The molecular weight excluding hydrogens is 300 g/mol. The van der Waals surface area contributed by atoms with Crippen LogP contribution in [0.2, 0.25) is 0 Å². The topological polar surface area (TPSA) is 52.8 Å². The third-order valence-corrected chi connectivity index (χ3v) is 4.86. The molecule has 5 heteroatoms. The summed E-state index contributed by atoms with van der Waals surface area (Å²) in [5.74, 6) is 2.50. The van der Waals surface area contributed by atoms with Crippen molar-refractivity contribution in [1.82, 2.24) is 15.5 Å². The molecule has 0 amide bonds. The molecule has 5 nitrogen and oxygen atoms in total. The van der Waals surface area contributed by atoms with E-state index in [9.17, 15) is 0 Å². The summed E-state index contributed by atoms with van der Waals surface area (Å²) < 4.78 is 5.95. The van der Waals surface area contributed by atoms with E-state index < -0.39 is 0 Å². The number of fused-ring (bicyclic) bond motifs is 1. The number of aliphatic imine (C=N–C) groups is 1. The average molecular weight is 328 g/mol. The van der Waals surface area contributed by atoms with Crippen LogP contribution in [0, 0.1) is 12.8 Å². The van der Waals surface area contributed by atoms with E-state index in [4.69, 9.17) is 4.42 Å². The van der Waals surface area contributed by atoms with Crippen LogP contribution in [0.25, 0.3) is 11.0 Å². The zero-order valence-electron chi connectivity index (χ0n) is 14.9. The minimum Gasteiger partial charge on any atom is -0.459 e. The highest BCUT2D eigenvalue weighted by Gasteiger charge is 2.17. The Bertz CT molecular complexity index is 706. The first-order valence-corrected chi connectivity index (χ1v) is 8.77. The third-order valence-electron chi connectivity index (χ3n) is 4.86. The Morgan fingerprint density at radius 1 is 1.33 bits per heavy atom. The Morgan fingerprint density at radius 2 is 2.17 bits per heavy atom. The second kappa shape index (κ2) is 7.71. The van der Waals surface area contributed by atoms with Gasteiger partial charge in [-0.3, -0.25) is 4.99 Å². The highest BCUT2D eigenvalue weighted by Crippen LogP contribution is 2.24. The molecule has 1 atom stereocenters. The quantitative estimate of drug-likeness (QED) is 0.669. The molecule has 0 aliphatic carbocycles. The molecule has 2 N–H and O–H groups in total. The standard InChI is InChI=1S/C19H28N4O/c1-14-16-8-4-5-9-17(16)24-18(14)12-22-19(20-2)21-11-15-7-6-10-23(3)13-15/h4-5,8-9,15H,6-7,10-13H2,1-3H3,(H2,20,21,22). The molecule has 130 valence electrons. The second-order valence-electron chi connectivity index (χ2n) is 6.72. The van der Waals surface area contributed by atoms with Crippen molar-refractivity contribution in [3.8, 4) is 0 Å². The van der Waals surface area contributed by atoms with Crippen LogP contribution in [0.1, 0.15) is 24.2 Å². The van der Waals surface area contributed by atoms with Crippen LogP contribution in [0.15, 0.2) is 33.7 Å². The van der Waals surface area contributed by atoms with Gasteiger partial charge in [0.1, 0.15) is 11.3 Å². The van der Waals surface area contributed by atoms with Crippen molar-refractivity contribution in [3.05, 3.63) is 35.6 Å². The van der Waals surface area contributed by atoms with Crippen molar-refractivity contribution >= 4 is 16.9 Å². The fourth-order valence-corrected chi connectivity index (χ4v) is 3.46. The first kappa shape index (κ1) is 16.8. The van der Waals surface area contributed by atoms with E-state index in [1.54, 1.807) is 0 Å². The number of hydrogen-bond acceptors (Lipinski definition) is 3. The molecule has 24 heavy (non-hydrogen) atoms. The van der Waals surface area contributed by atoms with Gasteiger partial charge in [-0.25, -0.2) is 0 Å². The number of hydrogen-bond donors (Lipinski definition) is 2. The van der Waals surface area contributed by atoms with Gasteiger partial charge in [0.05, 0.1) is 6.54 Å². The maximum Gasteiger partial charge on any atom is 0.191 e. The monoisotopic (exact) mass is 328 g/mol. The van der Waals surface area contributed by atoms with Crippen LogP contribution in [-0.4, -0.2) is 44.6 Å². The molecule has 1 unspecified atom stereocenters. The van der Waals surface area contributed by atoms with E-state index >= 15 is 0 Å². The van der Waals surface area contributed by atoms with Crippen molar-refractivity contribution in [1.29, 1.82) is 0 Å². The second-order valence-corrected chi connectivity index (χ2v) is 6.72. The van der Waals surface area contributed by atoms with Gasteiger partial charge in [-0.05, 0) is 45.3 Å². The molecule has 3 rings (SSSR count). The number of furan rings is 1. The van der Waals surface area contributed by atoms with Crippen LogP contribution in [0.5, 0.6) is 0 Å². The molecular formula is C19H28N4O. The molecule has 1 aromatic carbocycles. The van der Waals surface area contributed by atoms with Crippen molar-refractivity contribution < 1.29 is 4.42 Å². The zero-order valence-corrected chi connectivity index (χ0v) is 14.9. The van der Waals surface area contributed by atoms with Gasteiger partial charge in [0, 0.05) is 31.1 Å². The van der Waals surface area contributed by atoms with Crippen LogP contribution in [0.4, 0.5) is 0 Å². The van der Waals surface area contributed by atoms with Crippen molar-refractivity contribution in [2.75, 3.05) is 33.7 Å². The molecule has 1 fully saturated rings. The van der Waals surface area contributed by atoms with Crippen LogP contribution >= 0.6 is 0 Å². The number of guanidine groups is 1. The summed E-state index contributed by atoms with van der Waals surface area (Å²) in [5.41, 5.74) is 2.14. The summed E-state index contributed by atoms with van der Waals surface area (Å²) in [7, 11) is 4.01. The third kappa shape index (κ3) is 3.90. The number of likely N-dealkylation sites (tertiary alicyclic amines) is 1. The summed E-state index contributed by atoms with van der Waals surface area (Å²) in [5, 5.41) is 8.01. The van der Waals surface area contributed by atoms with E-state index in [1.165, 1.54) is 30.3 Å². The van der Waals surface area contributed by atoms with Crippen LogP contribution in [0.3, 0.4) is 0 Å². The number of nitrogens with one attached hydrogen (secondary N) is 2. The van der Waals surface area contributed by atoms with Crippen LogP contribution < -0.4 is 10.6 Å². The Labute approximate surface area is 144 Å². The summed E-state index contributed by atoms with van der Waals surface area (Å²) in [6.45, 7) is 6.09. The number of aryl methyl sites for hydroxylation is 1. The molecule has 0 bridgehead atoms. The maximum atomic E-state index is 5.95. The number of benzene rings is 1. The van der Waals surface area contributed by atoms with Gasteiger partial charge < -0.3 is 20.0 Å². The first-order chi connectivity index (χ1) is 11.7. The number of piperidine rings is 1. The fourth-order valence-electron chi connectivity index (χ4n) is 3.46. The van der Waals surface area contributed by atoms with Gasteiger partial charge in [0.15, 0.2) is 5.96 Å². The average Bonchev–Trinajstić information content (AvgIpc) is 2.92. The lowest BCUT2D eigenvalue weighted by atomic mass is 9.99. The highest BCUT2D eigenvalue weighted by atomic mass is 16.3. The molecule has 1 aliphatic rings. The molecule has 0 saturated carbocycles. The molecule has 0 spiro atoms. The minimum absolute atomic E-state index is 0.644. The molecule has 2 aromatic rings. The molecule has 1 aliphatic heterocycles. The maximum absolute atomic E-state index is 5.95. The Hall–Kier alpha value is -2.01. The van der Waals surface area contributed by atoms with Gasteiger partial charge in [-0.15, -0.1) is 0 Å². The largest absolute Gasteiger partial charge is 0.459 e. The molecule has 0 radical (unpaired) electrons. The fraction of sp³-hybridized carbons (Fsp3) is 0.526. The van der Waals surface area contributed by atoms with E-state index in [1.807, 2.05) is 25.2 Å². The molecule has 2 heterocycles. The van der Waals surface area contributed by atoms with Crippen LogP contribution in [-0.2, 0) is 6.54 Å². The smallest absolute Gasteiger partial charge is 0.191 e. The van der Waals surface area contributed by atoms with Crippen molar-refractivity contribution in [3.63, 3.8) is 0 Å². The van der Waals surface area contributed by atoms with E-state index in [0.717, 1.165) is 30.4 Å². The van der Waals surface area contributed by atoms with E-state index in [0.29, 0.717) is 12.5 Å².